The highest BCUT2D eigenvalue weighted by Crippen LogP contribution is 2.26. The van der Waals surface area contributed by atoms with Gasteiger partial charge in [-0.05, 0) is 96.3 Å². The number of carboxylic acids is 1. The average molecular weight is 1160 g/mol. The van der Waals surface area contributed by atoms with Crippen LogP contribution in [-0.4, -0.2) is 89.2 Å². The van der Waals surface area contributed by atoms with Crippen LogP contribution in [0.15, 0.2) is 122 Å². The molecule has 6 unspecified atom stereocenters. The van der Waals surface area contributed by atoms with E-state index >= 15 is 0 Å². The summed E-state index contributed by atoms with van der Waals surface area (Å²) < 4.78 is 28.4. The van der Waals surface area contributed by atoms with E-state index in [2.05, 4.69) is 124 Å². The summed E-state index contributed by atoms with van der Waals surface area (Å²) in [5, 5.41) is 31.6. The predicted octanol–water partition coefficient (Wildman–Crippen LogP) is 17.6. The molecular formula is C71H114O12. The molecule has 470 valence electrons. The topological polar surface area (TPSA) is 175 Å². The van der Waals surface area contributed by atoms with Crippen molar-refractivity contribution in [1.82, 2.24) is 0 Å². The van der Waals surface area contributed by atoms with Crippen molar-refractivity contribution in [2.75, 3.05) is 13.2 Å². The number of allylic oxidation sites excluding steroid dienone is 20. The minimum atomic E-state index is -1.94. The lowest BCUT2D eigenvalue weighted by atomic mass is 9.98. The SMILES string of the molecule is CC/C=C\C/C=C\C/C=C\C/C=C\C/C=C\C/C=C\CCC(=O)OC1C(OCC(COC(=O)CCCCCCCC/C=C\C/C=C\C/C=C\C/C=C\CC)OC(=O)CCCCCCCCCCCCCCCCC)OC(C(=O)O)C(O)C1O. The number of rotatable bonds is 54. The van der Waals surface area contributed by atoms with Gasteiger partial charge in [-0.3, -0.25) is 14.4 Å². The van der Waals surface area contributed by atoms with Crippen LogP contribution in [-0.2, 0) is 42.9 Å². The first-order valence-electron chi connectivity index (χ1n) is 32.5. The van der Waals surface area contributed by atoms with E-state index in [0.717, 1.165) is 116 Å². The quantitative estimate of drug-likeness (QED) is 0.0228. The number of hydrogen-bond acceptors (Lipinski definition) is 11. The minimum absolute atomic E-state index is 0.0707. The van der Waals surface area contributed by atoms with Gasteiger partial charge in [-0.1, -0.05) is 258 Å². The monoisotopic (exact) mass is 1160 g/mol. The van der Waals surface area contributed by atoms with Crippen molar-refractivity contribution in [3.63, 3.8) is 0 Å². The number of aliphatic hydroxyl groups excluding tert-OH is 2. The molecule has 1 saturated heterocycles. The van der Waals surface area contributed by atoms with E-state index in [4.69, 9.17) is 23.7 Å². The van der Waals surface area contributed by atoms with Crippen LogP contribution in [0, 0.1) is 0 Å². The van der Waals surface area contributed by atoms with Crippen LogP contribution < -0.4 is 0 Å². The number of carbonyl (C=O) groups excluding carboxylic acids is 3. The van der Waals surface area contributed by atoms with Gasteiger partial charge < -0.3 is 39.0 Å². The Morgan fingerprint density at radius 1 is 0.410 bits per heavy atom. The highest BCUT2D eigenvalue weighted by Gasteiger charge is 2.50. The third-order valence-electron chi connectivity index (χ3n) is 14.0. The zero-order valence-corrected chi connectivity index (χ0v) is 51.9. The van der Waals surface area contributed by atoms with Crippen molar-refractivity contribution in [3.8, 4) is 0 Å². The molecule has 1 aliphatic heterocycles. The number of aliphatic hydroxyl groups is 2. The first-order valence-corrected chi connectivity index (χ1v) is 32.5. The van der Waals surface area contributed by atoms with E-state index in [9.17, 15) is 34.5 Å². The molecular weight excluding hydrogens is 1040 g/mol. The fourth-order valence-corrected chi connectivity index (χ4v) is 9.15. The molecule has 3 N–H and O–H groups in total. The molecule has 83 heavy (non-hydrogen) atoms. The van der Waals surface area contributed by atoms with Gasteiger partial charge in [-0.2, -0.15) is 0 Å². The van der Waals surface area contributed by atoms with Crippen LogP contribution in [0.2, 0.25) is 0 Å². The Bertz CT molecular complexity index is 1900. The Kier molecular flexibility index (Phi) is 52.8. The summed E-state index contributed by atoms with van der Waals surface area (Å²) in [6.07, 6.45) is 67.3. The molecule has 1 aliphatic rings. The average Bonchev–Trinajstić information content (AvgIpc) is 3.60. The Morgan fingerprint density at radius 3 is 1.20 bits per heavy atom. The fourth-order valence-electron chi connectivity index (χ4n) is 9.15. The zero-order valence-electron chi connectivity index (χ0n) is 51.9. The summed E-state index contributed by atoms with van der Waals surface area (Å²) in [5.74, 6) is -3.25. The van der Waals surface area contributed by atoms with Gasteiger partial charge in [0.2, 0.25) is 0 Å². The summed E-state index contributed by atoms with van der Waals surface area (Å²) in [7, 11) is 0. The van der Waals surface area contributed by atoms with Crippen molar-refractivity contribution in [2.24, 2.45) is 0 Å². The van der Waals surface area contributed by atoms with E-state index in [0.29, 0.717) is 25.7 Å². The second-order valence-electron chi connectivity index (χ2n) is 21.6. The van der Waals surface area contributed by atoms with E-state index in [-0.39, 0.29) is 25.9 Å². The largest absolute Gasteiger partial charge is 0.479 e. The van der Waals surface area contributed by atoms with Gasteiger partial charge in [0, 0.05) is 19.3 Å². The van der Waals surface area contributed by atoms with Gasteiger partial charge in [-0.15, -0.1) is 0 Å². The third-order valence-corrected chi connectivity index (χ3v) is 14.0. The summed E-state index contributed by atoms with van der Waals surface area (Å²) in [6, 6.07) is 0. The second kappa shape index (κ2) is 57.5. The molecule has 1 heterocycles. The first-order chi connectivity index (χ1) is 40.6. The maximum Gasteiger partial charge on any atom is 0.335 e. The van der Waals surface area contributed by atoms with Gasteiger partial charge in [0.05, 0.1) is 6.61 Å². The number of aliphatic carboxylic acids is 1. The summed E-state index contributed by atoms with van der Waals surface area (Å²) in [4.78, 5) is 51.3. The van der Waals surface area contributed by atoms with Crippen molar-refractivity contribution in [3.05, 3.63) is 122 Å². The Morgan fingerprint density at radius 2 is 0.783 bits per heavy atom. The molecule has 0 saturated carbocycles. The molecule has 0 spiro atoms. The molecule has 0 bridgehead atoms. The molecule has 0 aromatic carbocycles. The number of hydrogen-bond donors (Lipinski definition) is 3. The highest BCUT2D eigenvalue weighted by molar-refractivity contribution is 5.74. The molecule has 6 atom stereocenters. The Hall–Kier alpha value is -4.88. The molecule has 12 nitrogen and oxygen atoms in total. The molecule has 0 aromatic rings. The standard InChI is InChI=1S/C71H114O12/c1-4-7-10-13-16-19-22-25-28-30-32-34-37-39-42-45-48-51-54-57-63(72)79-60-62(81-64(73)58-55-52-49-46-43-40-36-27-24-21-18-15-12-9-6-3)61-80-71-69(67(76)66(75)68(83-71)70(77)78)82-65(74)59-56-53-50-47-44-41-38-35-33-31-29-26-23-20-17-14-11-8-5-2/h7-8,10-11,16-17,19-20,25-26,28-29,32-35,41,44,50,53,62,66-69,71,75-76H,4-6,9,12-15,18,21-24,27,30-31,36-40,42-43,45-49,51-52,54-61H2,1-3H3,(H,77,78)/b10-7-,11-8-,19-16-,20-17-,28-25-,29-26-,34-32-,35-33-,44-41-,53-50-. The van der Waals surface area contributed by atoms with E-state index < -0.39 is 67.3 Å². The third kappa shape index (κ3) is 47.1. The molecule has 0 radical (unpaired) electrons. The number of unbranched alkanes of at least 4 members (excludes halogenated alkanes) is 20. The van der Waals surface area contributed by atoms with Crippen LogP contribution in [0.4, 0.5) is 0 Å². The lowest BCUT2D eigenvalue weighted by Crippen LogP contribution is -2.61. The van der Waals surface area contributed by atoms with Gasteiger partial charge in [0.25, 0.3) is 0 Å². The molecule has 0 aliphatic carbocycles. The van der Waals surface area contributed by atoms with Crippen LogP contribution in [0.5, 0.6) is 0 Å². The lowest BCUT2D eigenvalue weighted by molar-refractivity contribution is -0.301. The van der Waals surface area contributed by atoms with E-state index in [1.165, 1.54) is 70.6 Å². The predicted molar refractivity (Wildman–Crippen MR) is 340 cm³/mol. The minimum Gasteiger partial charge on any atom is -0.479 e. The molecule has 12 heteroatoms. The van der Waals surface area contributed by atoms with Crippen molar-refractivity contribution >= 4 is 23.9 Å². The lowest BCUT2D eigenvalue weighted by Gasteiger charge is -2.40. The van der Waals surface area contributed by atoms with Crippen LogP contribution in [0.25, 0.3) is 0 Å². The fraction of sp³-hybridized carbons (Fsp3) is 0.662. The second-order valence-corrected chi connectivity index (χ2v) is 21.6. The molecule has 0 aromatic heterocycles. The zero-order chi connectivity index (χ0) is 60.3. The van der Waals surface area contributed by atoms with E-state index in [1.807, 2.05) is 18.2 Å². The normalized spacial score (nSPS) is 18.4. The first kappa shape index (κ1) is 76.1. The van der Waals surface area contributed by atoms with Crippen molar-refractivity contribution in [2.45, 2.75) is 289 Å². The Labute approximate surface area is 503 Å². The van der Waals surface area contributed by atoms with Crippen molar-refractivity contribution < 1.29 is 58.2 Å². The summed E-state index contributed by atoms with van der Waals surface area (Å²) >= 11 is 0. The van der Waals surface area contributed by atoms with Gasteiger partial charge in [-0.25, -0.2) is 4.79 Å². The summed E-state index contributed by atoms with van der Waals surface area (Å²) in [5.41, 5.74) is 0. The smallest absolute Gasteiger partial charge is 0.335 e. The van der Waals surface area contributed by atoms with Gasteiger partial charge in [0.15, 0.2) is 24.6 Å². The molecule has 1 rings (SSSR count). The van der Waals surface area contributed by atoms with Crippen LogP contribution in [0.1, 0.15) is 252 Å². The van der Waals surface area contributed by atoms with Crippen LogP contribution in [0.3, 0.4) is 0 Å². The molecule has 0 amide bonds. The maximum absolute atomic E-state index is 13.2. The molecule has 1 fully saturated rings. The number of ether oxygens (including phenoxy) is 5. The highest BCUT2D eigenvalue weighted by atomic mass is 16.7. The van der Waals surface area contributed by atoms with E-state index in [1.54, 1.807) is 0 Å². The summed E-state index contributed by atoms with van der Waals surface area (Å²) in [6.45, 7) is 5.74. The van der Waals surface area contributed by atoms with Gasteiger partial charge in [0.1, 0.15) is 18.8 Å². The number of carbonyl (C=O) groups is 4. The Balaban J connectivity index is 2.71. The number of carboxylic acid groups (broad SMARTS) is 1. The van der Waals surface area contributed by atoms with Gasteiger partial charge >= 0.3 is 23.9 Å². The van der Waals surface area contributed by atoms with Crippen LogP contribution >= 0.6 is 0 Å². The van der Waals surface area contributed by atoms with Crippen molar-refractivity contribution in [1.29, 1.82) is 0 Å². The number of esters is 3. The maximum atomic E-state index is 13.2.